The fourth-order valence-electron chi connectivity index (χ4n) is 3.78. The molecule has 0 saturated carbocycles. The largest absolute Gasteiger partial charge is 0.326 e. The lowest BCUT2D eigenvalue weighted by atomic mass is 10.0. The molecule has 0 atom stereocenters. The van der Waals surface area contributed by atoms with E-state index in [1.165, 1.54) is 47.9 Å². The van der Waals surface area contributed by atoms with Crippen molar-refractivity contribution in [1.29, 1.82) is 0 Å². The Kier molecular flexibility index (Phi) is 3.45. The van der Waals surface area contributed by atoms with Crippen LogP contribution in [0, 0.1) is 0 Å². The van der Waals surface area contributed by atoms with Crippen molar-refractivity contribution in [2.75, 3.05) is 5.32 Å². The number of carbonyl (C=O) groups is 1. The van der Waals surface area contributed by atoms with Crippen LogP contribution in [0.1, 0.15) is 40.7 Å². The molecule has 4 rings (SSSR count). The van der Waals surface area contributed by atoms with Crippen molar-refractivity contribution in [3.63, 3.8) is 0 Å². The highest BCUT2D eigenvalue weighted by atomic mass is 16.1. The predicted molar refractivity (Wildman–Crippen MR) is 89.3 cm³/mol. The molecule has 112 valence electrons. The molecule has 2 aliphatic carbocycles. The first-order chi connectivity index (χ1) is 10.8. The van der Waals surface area contributed by atoms with E-state index in [9.17, 15) is 4.79 Å². The van der Waals surface area contributed by atoms with Gasteiger partial charge in [-0.25, -0.2) is 0 Å². The summed E-state index contributed by atoms with van der Waals surface area (Å²) in [6.45, 7) is 0. The minimum Gasteiger partial charge on any atom is -0.326 e. The van der Waals surface area contributed by atoms with Crippen LogP contribution in [0.15, 0.2) is 36.4 Å². The zero-order valence-corrected chi connectivity index (χ0v) is 12.8. The summed E-state index contributed by atoms with van der Waals surface area (Å²) in [7, 11) is 0. The maximum Gasteiger partial charge on any atom is 0.228 e. The Labute approximate surface area is 131 Å². The molecule has 0 spiro atoms. The summed E-state index contributed by atoms with van der Waals surface area (Å²) in [5, 5.41) is 3.05. The number of rotatable bonds is 3. The molecule has 2 nitrogen and oxygen atoms in total. The molecular weight excluding hydrogens is 270 g/mol. The van der Waals surface area contributed by atoms with Gasteiger partial charge in [-0.2, -0.15) is 0 Å². The van der Waals surface area contributed by atoms with Gasteiger partial charge in [0, 0.05) is 5.69 Å². The van der Waals surface area contributed by atoms with E-state index in [-0.39, 0.29) is 5.91 Å². The summed E-state index contributed by atoms with van der Waals surface area (Å²) in [5.41, 5.74) is 7.80. The molecule has 0 radical (unpaired) electrons. The molecule has 0 bridgehead atoms. The third-order valence-electron chi connectivity index (χ3n) is 4.91. The van der Waals surface area contributed by atoms with Gasteiger partial charge in [0.2, 0.25) is 5.91 Å². The Hall–Kier alpha value is -2.09. The number of hydrogen-bond donors (Lipinski definition) is 1. The van der Waals surface area contributed by atoms with Crippen LogP contribution in [0.25, 0.3) is 0 Å². The number of nitrogens with one attached hydrogen (secondary N) is 1. The lowest BCUT2D eigenvalue weighted by Gasteiger charge is -2.08. The quantitative estimate of drug-likeness (QED) is 0.914. The Balaban J connectivity index is 1.44. The third-order valence-corrected chi connectivity index (χ3v) is 4.91. The molecule has 22 heavy (non-hydrogen) atoms. The normalized spacial score (nSPS) is 15.5. The molecule has 0 aliphatic heterocycles. The molecule has 2 aromatic carbocycles. The number of carbonyl (C=O) groups excluding carboxylic acids is 1. The van der Waals surface area contributed by atoms with Gasteiger partial charge < -0.3 is 5.32 Å². The molecule has 1 amide bonds. The fraction of sp³-hybridized carbons (Fsp3) is 0.350. The molecular formula is C20H21NO. The van der Waals surface area contributed by atoms with Gasteiger partial charge in [0.1, 0.15) is 0 Å². The number of benzene rings is 2. The van der Waals surface area contributed by atoms with E-state index in [2.05, 4.69) is 35.6 Å². The molecule has 2 heteroatoms. The zero-order chi connectivity index (χ0) is 14.9. The highest BCUT2D eigenvalue weighted by Gasteiger charge is 2.14. The van der Waals surface area contributed by atoms with Crippen LogP contribution in [0.2, 0.25) is 0 Å². The summed E-state index contributed by atoms with van der Waals surface area (Å²) in [5.74, 6) is 0.0795. The summed E-state index contributed by atoms with van der Waals surface area (Å²) in [4.78, 5) is 12.3. The van der Waals surface area contributed by atoms with Gasteiger partial charge in [0.25, 0.3) is 0 Å². The minimum atomic E-state index is 0.0795. The van der Waals surface area contributed by atoms with E-state index in [0.717, 1.165) is 24.1 Å². The first-order valence-corrected chi connectivity index (χ1v) is 8.30. The van der Waals surface area contributed by atoms with Crippen LogP contribution in [-0.2, 0) is 36.9 Å². The van der Waals surface area contributed by atoms with Crippen molar-refractivity contribution in [2.24, 2.45) is 0 Å². The second-order valence-electron chi connectivity index (χ2n) is 6.52. The Bertz CT molecular complexity index is 671. The van der Waals surface area contributed by atoms with Crippen molar-refractivity contribution in [3.05, 3.63) is 64.2 Å². The topological polar surface area (TPSA) is 29.1 Å². The Morgan fingerprint density at radius 2 is 1.45 bits per heavy atom. The van der Waals surface area contributed by atoms with Crippen LogP contribution in [0.4, 0.5) is 5.69 Å². The highest BCUT2D eigenvalue weighted by molar-refractivity contribution is 5.92. The van der Waals surface area contributed by atoms with Gasteiger partial charge in [-0.3, -0.25) is 4.79 Å². The van der Waals surface area contributed by atoms with Crippen molar-refractivity contribution >= 4 is 11.6 Å². The third kappa shape index (κ3) is 2.66. The van der Waals surface area contributed by atoms with Crippen LogP contribution in [0.3, 0.4) is 0 Å². The first kappa shape index (κ1) is 13.6. The summed E-state index contributed by atoms with van der Waals surface area (Å²) in [6.07, 6.45) is 7.63. The molecule has 0 heterocycles. The van der Waals surface area contributed by atoms with Crippen molar-refractivity contribution < 1.29 is 4.79 Å². The van der Waals surface area contributed by atoms with E-state index in [4.69, 9.17) is 0 Å². The lowest BCUT2D eigenvalue weighted by Crippen LogP contribution is -2.14. The molecule has 0 unspecified atom stereocenters. The first-order valence-electron chi connectivity index (χ1n) is 8.30. The van der Waals surface area contributed by atoms with Gasteiger partial charge in [0.15, 0.2) is 0 Å². The molecule has 1 N–H and O–H groups in total. The lowest BCUT2D eigenvalue weighted by molar-refractivity contribution is -0.115. The smallest absolute Gasteiger partial charge is 0.228 e. The monoisotopic (exact) mass is 291 g/mol. The molecule has 2 aromatic rings. The van der Waals surface area contributed by atoms with E-state index >= 15 is 0 Å². The minimum absolute atomic E-state index is 0.0795. The molecule has 0 aromatic heterocycles. The average Bonchev–Trinajstić information content (AvgIpc) is 3.14. The van der Waals surface area contributed by atoms with Gasteiger partial charge in [-0.05, 0) is 78.5 Å². The average molecular weight is 291 g/mol. The number of aryl methyl sites for hydroxylation is 4. The molecule has 0 saturated heterocycles. The summed E-state index contributed by atoms with van der Waals surface area (Å²) < 4.78 is 0. The van der Waals surface area contributed by atoms with Crippen LogP contribution < -0.4 is 5.32 Å². The zero-order valence-electron chi connectivity index (χ0n) is 12.8. The second kappa shape index (κ2) is 5.60. The maximum atomic E-state index is 12.3. The van der Waals surface area contributed by atoms with E-state index in [1.54, 1.807) is 0 Å². The van der Waals surface area contributed by atoms with Crippen molar-refractivity contribution in [2.45, 2.75) is 44.9 Å². The van der Waals surface area contributed by atoms with Gasteiger partial charge in [0.05, 0.1) is 6.42 Å². The van der Waals surface area contributed by atoms with E-state index < -0.39 is 0 Å². The molecule has 0 fully saturated rings. The predicted octanol–water partition coefficient (Wildman–Crippen LogP) is 3.85. The number of hydrogen-bond acceptors (Lipinski definition) is 1. The fourth-order valence-corrected chi connectivity index (χ4v) is 3.78. The van der Waals surface area contributed by atoms with Crippen LogP contribution in [0.5, 0.6) is 0 Å². The van der Waals surface area contributed by atoms with E-state index in [1.807, 2.05) is 6.07 Å². The van der Waals surface area contributed by atoms with Crippen LogP contribution in [-0.4, -0.2) is 5.91 Å². The Morgan fingerprint density at radius 3 is 2.23 bits per heavy atom. The number of anilines is 1. The summed E-state index contributed by atoms with van der Waals surface area (Å²) in [6, 6.07) is 12.8. The van der Waals surface area contributed by atoms with Crippen molar-refractivity contribution in [1.82, 2.24) is 0 Å². The maximum absolute atomic E-state index is 12.3. The number of fused-ring (bicyclic) bond motifs is 2. The van der Waals surface area contributed by atoms with Gasteiger partial charge >= 0.3 is 0 Å². The number of amides is 1. The standard InChI is InChI=1S/C20H21NO/c22-20(12-14-7-8-15-3-1-5-17(15)11-14)21-19-10-9-16-4-2-6-18(16)13-19/h7-11,13H,1-6,12H2,(H,21,22). The van der Waals surface area contributed by atoms with Crippen LogP contribution >= 0.6 is 0 Å². The SMILES string of the molecule is O=C(Cc1ccc2c(c1)CCC2)Nc1ccc2c(c1)CCC2. The second-order valence-corrected chi connectivity index (χ2v) is 6.52. The van der Waals surface area contributed by atoms with E-state index in [0.29, 0.717) is 6.42 Å². The van der Waals surface area contributed by atoms with Crippen molar-refractivity contribution in [3.8, 4) is 0 Å². The van der Waals surface area contributed by atoms with Gasteiger partial charge in [-0.15, -0.1) is 0 Å². The summed E-state index contributed by atoms with van der Waals surface area (Å²) >= 11 is 0. The highest BCUT2D eigenvalue weighted by Crippen LogP contribution is 2.25. The Morgan fingerprint density at radius 1 is 0.818 bits per heavy atom. The molecule has 2 aliphatic rings. The van der Waals surface area contributed by atoms with Gasteiger partial charge in [-0.1, -0.05) is 24.3 Å².